The number of para-hydroxylation sites is 1. The molecule has 0 heterocycles. The predicted octanol–water partition coefficient (Wildman–Crippen LogP) is 1.56. The van der Waals surface area contributed by atoms with E-state index in [2.05, 4.69) is 0 Å². The van der Waals surface area contributed by atoms with Gasteiger partial charge in [-0.15, -0.1) is 0 Å². The Morgan fingerprint density at radius 1 is 1.23 bits per heavy atom. The SMILES string of the molecule is OCC(F)(F)Cc1ccccc1O. The summed E-state index contributed by atoms with van der Waals surface area (Å²) in [7, 11) is 0. The summed E-state index contributed by atoms with van der Waals surface area (Å²) >= 11 is 0. The van der Waals surface area contributed by atoms with Crippen LogP contribution in [0.2, 0.25) is 0 Å². The van der Waals surface area contributed by atoms with Gasteiger partial charge in [0.05, 0.1) is 0 Å². The third-order valence-electron chi connectivity index (χ3n) is 1.67. The lowest BCUT2D eigenvalue weighted by atomic mass is 10.1. The molecule has 2 nitrogen and oxygen atoms in total. The maximum absolute atomic E-state index is 12.7. The third-order valence-corrected chi connectivity index (χ3v) is 1.67. The second-order valence-corrected chi connectivity index (χ2v) is 2.82. The molecule has 0 unspecified atom stereocenters. The highest BCUT2D eigenvalue weighted by atomic mass is 19.3. The molecule has 0 aromatic heterocycles. The first-order chi connectivity index (χ1) is 6.05. The smallest absolute Gasteiger partial charge is 0.274 e. The summed E-state index contributed by atoms with van der Waals surface area (Å²) in [4.78, 5) is 0. The van der Waals surface area contributed by atoms with Gasteiger partial charge in [-0.25, -0.2) is 8.78 Å². The molecule has 0 saturated carbocycles. The highest BCUT2D eigenvalue weighted by molar-refractivity contribution is 5.32. The Morgan fingerprint density at radius 2 is 1.85 bits per heavy atom. The number of alkyl halides is 2. The van der Waals surface area contributed by atoms with E-state index in [1.165, 1.54) is 12.1 Å². The lowest BCUT2D eigenvalue weighted by Gasteiger charge is -2.13. The Balaban J connectivity index is 2.80. The van der Waals surface area contributed by atoms with E-state index >= 15 is 0 Å². The third kappa shape index (κ3) is 2.66. The Bertz CT molecular complexity index is 287. The first kappa shape index (κ1) is 9.92. The zero-order chi connectivity index (χ0) is 9.90. The van der Waals surface area contributed by atoms with Crippen molar-refractivity contribution in [3.8, 4) is 5.75 Å². The van der Waals surface area contributed by atoms with Crippen molar-refractivity contribution in [2.45, 2.75) is 12.3 Å². The summed E-state index contributed by atoms with van der Waals surface area (Å²) in [5.74, 6) is -3.34. The standard InChI is InChI=1S/C9H10F2O2/c10-9(11,6-12)5-7-3-1-2-4-8(7)13/h1-4,12-13H,5-6H2. The summed E-state index contributed by atoms with van der Waals surface area (Å²) in [6.45, 7) is -1.21. The van der Waals surface area contributed by atoms with Gasteiger partial charge >= 0.3 is 0 Å². The van der Waals surface area contributed by atoms with Crippen molar-refractivity contribution in [2.24, 2.45) is 0 Å². The van der Waals surface area contributed by atoms with Crippen LogP contribution in [0.5, 0.6) is 5.75 Å². The highest BCUT2D eigenvalue weighted by Crippen LogP contribution is 2.24. The molecular formula is C9H10F2O2. The van der Waals surface area contributed by atoms with Gasteiger partial charge in [0.25, 0.3) is 5.92 Å². The van der Waals surface area contributed by atoms with E-state index in [0.29, 0.717) is 0 Å². The van der Waals surface area contributed by atoms with Crippen LogP contribution in [0.3, 0.4) is 0 Å². The van der Waals surface area contributed by atoms with Gasteiger partial charge in [0.2, 0.25) is 0 Å². The predicted molar refractivity (Wildman–Crippen MR) is 43.8 cm³/mol. The normalized spacial score (nSPS) is 11.6. The molecule has 4 heteroatoms. The number of phenols is 1. The number of hydrogen-bond acceptors (Lipinski definition) is 2. The molecule has 2 N–H and O–H groups in total. The van der Waals surface area contributed by atoms with E-state index in [1.807, 2.05) is 0 Å². The van der Waals surface area contributed by atoms with Crippen LogP contribution in [0.1, 0.15) is 5.56 Å². The van der Waals surface area contributed by atoms with Crippen LogP contribution in [0.15, 0.2) is 24.3 Å². The molecule has 0 aliphatic heterocycles. The number of phenolic OH excluding ortho intramolecular Hbond substituents is 1. The van der Waals surface area contributed by atoms with Crippen LogP contribution in [0, 0.1) is 0 Å². The average molecular weight is 188 g/mol. The van der Waals surface area contributed by atoms with E-state index in [0.717, 1.165) is 0 Å². The van der Waals surface area contributed by atoms with Crippen LogP contribution in [-0.2, 0) is 6.42 Å². The van der Waals surface area contributed by atoms with Crippen molar-refractivity contribution >= 4 is 0 Å². The Morgan fingerprint density at radius 3 is 2.38 bits per heavy atom. The maximum atomic E-state index is 12.7. The zero-order valence-electron chi connectivity index (χ0n) is 6.87. The lowest BCUT2D eigenvalue weighted by molar-refractivity contribution is -0.0491. The van der Waals surface area contributed by atoms with E-state index in [9.17, 15) is 8.78 Å². The monoisotopic (exact) mass is 188 g/mol. The highest BCUT2D eigenvalue weighted by Gasteiger charge is 2.28. The molecule has 1 aromatic rings. The van der Waals surface area contributed by atoms with Gasteiger partial charge in [-0.2, -0.15) is 0 Å². The number of rotatable bonds is 3. The van der Waals surface area contributed by atoms with Gasteiger partial charge in [-0.05, 0) is 11.6 Å². The van der Waals surface area contributed by atoms with E-state index < -0.39 is 19.0 Å². The number of halogens is 2. The average Bonchev–Trinajstić information content (AvgIpc) is 2.09. The minimum absolute atomic E-state index is 0.140. The van der Waals surface area contributed by atoms with Crippen molar-refractivity contribution < 1.29 is 19.0 Å². The Kier molecular flexibility index (Phi) is 2.83. The topological polar surface area (TPSA) is 40.5 Å². The summed E-state index contributed by atoms with van der Waals surface area (Å²) in [5, 5.41) is 17.5. The minimum Gasteiger partial charge on any atom is -0.508 e. The van der Waals surface area contributed by atoms with Crippen molar-refractivity contribution in [1.29, 1.82) is 0 Å². The number of aliphatic hydroxyl groups is 1. The maximum Gasteiger partial charge on any atom is 0.274 e. The largest absolute Gasteiger partial charge is 0.508 e. The second kappa shape index (κ2) is 3.70. The van der Waals surface area contributed by atoms with Crippen LogP contribution in [-0.4, -0.2) is 22.7 Å². The van der Waals surface area contributed by atoms with Crippen molar-refractivity contribution in [2.75, 3.05) is 6.61 Å². The van der Waals surface area contributed by atoms with Gasteiger partial charge in [-0.1, -0.05) is 18.2 Å². The van der Waals surface area contributed by atoms with Crippen molar-refractivity contribution in [1.82, 2.24) is 0 Å². The Hall–Kier alpha value is -1.16. The first-order valence-electron chi connectivity index (χ1n) is 3.81. The van der Waals surface area contributed by atoms with Crippen LogP contribution >= 0.6 is 0 Å². The van der Waals surface area contributed by atoms with Gasteiger partial charge < -0.3 is 10.2 Å². The zero-order valence-corrected chi connectivity index (χ0v) is 6.87. The van der Waals surface area contributed by atoms with Crippen LogP contribution in [0.4, 0.5) is 8.78 Å². The molecule has 0 fully saturated rings. The summed E-state index contributed by atoms with van der Waals surface area (Å²) < 4.78 is 25.3. The minimum atomic E-state index is -3.17. The molecule has 1 rings (SSSR count). The fraction of sp³-hybridized carbons (Fsp3) is 0.333. The molecule has 0 aliphatic rings. The van der Waals surface area contributed by atoms with Crippen molar-refractivity contribution in [3.05, 3.63) is 29.8 Å². The molecule has 0 spiro atoms. The molecule has 0 radical (unpaired) electrons. The molecule has 0 saturated heterocycles. The molecule has 13 heavy (non-hydrogen) atoms. The molecule has 0 amide bonds. The number of hydrogen-bond donors (Lipinski definition) is 2. The molecular weight excluding hydrogens is 178 g/mol. The number of aliphatic hydroxyl groups excluding tert-OH is 1. The van der Waals surface area contributed by atoms with Gasteiger partial charge in [-0.3, -0.25) is 0 Å². The summed E-state index contributed by atoms with van der Waals surface area (Å²) in [6, 6.07) is 5.85. The summed E-state index contributed by atoms with van der Waals surface area (Å²) in [6.07, 6.45) is -0.643. The van der Waals surface area contributed by atoms with Crippen molar-refractivity contribution in [3.63, 3.8) is 0 Å². The summed E-state index contributed by atoms with van der Waals surface area (Å²) in [5.41, 5.74) is 0.140. The quantitative estimate of drug-likeness (QED) is 0.755. The van der Waals surface area contributed by atoms with E-state index in [-0.39, 0.29) is 11.3 Å². The van der Waals surface area contributed by atoms with Gasteiger partial charge in [0, 0.05) is 6.42 Å². The van der Waals surface area contributed by atoms with Gasteiger partial charge in [0.1, 0.15) is 12.4 Å². The van der Waals surface area contributed by atoms with Crippen LogP contribution in [0.25, 0.3) is 0 Å². The molecule has 0 atom stereocenters. The van der Waals surface area contributed by atoms with E-state index in [4.69, 9.17) is 10.2 Å². The molecule has 1 aromatic carbocycles. The molecule has 0 bridgehead atoms. The molecule has 0 aliphatic carbocycles. The van der Waals surface area contributed by atoms with Gasteiger partial charge in [0.15, 0.2) is 0 Å². The number of aromatic hydroxyl groups is 1. The molecule has 72 valence electrons. The Labute approximate surface area is 74.4 Å². The fourth-order valence-corrected chi connectivity index (χ4v) is 0.995. The second-order valence-electron chi connectivity index (χ2n) is 2.82. The number of benzene rings is 1. The van der Waals surface area contributed by atoms with E-state index in [1.54, 1.807) is 12.1 Å². The lowest BCUT2D eigenvalue weighted by Crippen LogP contribution is -2.24. The first-order valence-corrected chi connectivity index (χ1v) is 3.81. The van der Waals surface area contributed by atoms with Crippen LogP contribution < -0.4 is 0 Å². The fourth-order valence-electron chi connectivity index (χ4n) is 0.995.